The van der Waals surface area contributed by atoms with Crippen molar-refractivity contribution in [3.05, 3.63) is 11.1 Å². The summed E-state index contributed by atoms with van der Waals surface area (Å²) in [7, 11) is 2.40. The van der Waals surface area contributed by atoms with Gasteiger partial charge in [0.15, 0.2) is 0 Å². The Labute approximate surface area is 73.8 Å². The molecule has 1 aromatic heterocycles. The molecule has 0 amide bonds. The second-order valence-electron chi connectivity index (χ2n) is 1.10. The Balaban J connectivity index is 0.000000640. The van der Waals surface area contributed by atoms with Gasteiger partial charge < -0.3 is 4.98 Å². The Morgan fingerprint density at radius 1 is 1.78 bits per heavy atom. The molecule has 1 aromatic rings. The van der Waals surface area contributed by atoms with E-state index >= 15 is 0 Å². The number of hydrogen-bond donors (Lipinski definition) is 0. The van der Waals surface area contributed by atoms with Crippen LogP contribution in [0.25, 0.3) is 0 Å². The Kier molecular flexibility index (Phi) is 4.23. The van der Waals surface area contributed by atoms with Crippen LogP contribution < -0.4 is 4.75 Å². The van der Waals surface area contributed by atoms with Crippen molar-refractivity contribution in [1.29, 1.82) is 5.26 Å². The van der Waals surface area contributed by atoms with E-state index in [0.717, 1.165) is 4.75 Å². The van der Waals surface area contributed by atoms with Gasteiger partial charge in [-0.25, -0.2) is 11.3 Å². The molecular formula is C4H2N2PSW-. The van der Waals surface area contributed by atoms with Crippen LogP contribution >= 0.6 is 20.6 Å². The molecule has 0 aliphatic carbocycles. The maximum Gasteiger partial charge on any atom is 0.00812 e. The first-order chi connectivity index (χ1) is 3.83. The molecule has 9 heavy (non-hydrogen) atoms. The summed E-state index contributed by atoms with van der Waals surface area (Å²) in [6.07, 6.45) is 2.54. The van der Waals surface area contributed by atoms with E-state index < -0.39 is 0 Å². The molecule has 1 heterocycles. The standard InChI is InChI=1S/C4H2N2PS.W/c5-1-3-2-6-4(7)8-3;/h7H2;/q-1;. The van der Waals surface area contributed by atoms with Gasteiger partial charge >= 0.3 is 0 Å². The second kappa shape index (κ2) is 4.12. The summed E-state index contributed by atoms with van der Waals surface area (Å²) in [5, 5.41) is 8.23. The summed E-state index contributed by atoms with van der Waals surface area (Å²) >= 11 is 1.32. The molecule has 0 spiro atoms. The van der Waals surface area contributed by atoms with Gasteiger partial charge in [0.05, 0.1) is 0 Å². The zero-order chi connectivity index (χ0) is 5.98. The van der Waals surface area contributed by atoms with Gasteiger partial charge in [0, 0.05) is 25.8 Å². The monoisotopic (exact) mass is 325 g/mol. The zero-order valence-corrected chi connectivity index (χ0v) is 9.19. The minimum absolute atomic E-state index is 0. The first-order valence-corrected chi connectivity index (χ1v) is 3.26. The average molecular weight is 325 g/mol. The Bertz CT molecular complexity index is 229. The van der Waals surface area contributed by atoms with Crippen LogP contribution in [0.15, 0.2) is 0 Å². The number of thiazole rings is 1. The van der Waals surface area contributed by atoms with E-state index in [2.05, 4.69) is 20.4 Å². The molecule has 0 fully saturated rings. The Morgan fingerprint density at radius 3 is 2.67 bits per heavy atom. The zero-order valence-electron chi connectivity index (χ0n) is 4.29. The third kappa shape index (κ3) is 2.54. The molecular weight excluding hydrogens is 323 g/mol. The van der Waals surface area contributed by atoms with Crippen molar-refractivity contribution in [3.8, 4) is 6.07 Å². The molecule has 2 nitrogen and oxygen atoms in total. The van der Waals surface area contributed by atoms with Crippen molar-refractivity contribution in [1.82, 2.24) is 4.98 Å². The van der Waals surface area contributed by atoms with E-state index in [-0.39, 0.29) is 21.1 Å². The first-order valence-electron chi connectivity index (χ1n) is 1.87. The van der Waals surface area contributed by atoms with Crippen molar-refractivity contribution in [2.75, 3.05) is 0 Å². The van der Waals surface area contributed by atoms with Gasteiger partial charge in [-0.15, -0.1) is 9.24 Å². The van der Waals surface area contributed by atoms with Gasteiger partial charge in [-0.2, -0.15) is 0 Å². The molecule has 0 aliphatic heterocycles. The number of hydrogen-bond acceptors (Lipinski definition) is 3. The van der Waals surface area contributed by atoms with Crippen molar-refractivity contribution >= 4 is 25.3 Å². The molecule has 46 valence electrons. The van der Waals surface area contributed by atoms with E-state index in [1.165, 1.54) is 11.3 Å². The number of aromatic nitrogens is 1. The van der Waals surface area contributed by atoms with Crippen LogP contribution in [0.3, 0.4) is 0 Å². The topological polar surface area (TPSA) is 36.7 Å². The summed E-state index contributed by atoms with van der Waals surface area (Å²) in [5.41, 5.74) is 0. The second-order valence-corrected chi connectivity index (χ2v) is 3.10. The third-order valence-corrected chi connectivity index (χ3v) is 1.75. The molecule has 0 aromatic carbocycles. The Morgan fingerprint density at radius 2 is 2.44 bits per heavy atom. The van der Waals surface area contributed by atoms with Crippen molar-refractivity contribution in [3.63, 3.8) is 0 Å². The van der Waals surface area contributed by atoms with Gasteiger partial charge in [0.1, 0.15) is 0 Å². The quantitative estimate of drug-likeness (QED) is 0.509. The van der Waals surface area contributed by atoms with E-state index in [9.17, 15) is 0 Å². The fourth-order valence-electron chi connectivity index (χ4n) is 0.304. The fourth-order valence-corrected chi connectivity index (χ4v) is 1.16. The third-order valence-electron chi connectivity index (χ3n) is 0.576. The number of nitriles is 1. The van der Waals surface area contributed by atoms with E-state index in [0.29, 0.717) is 4.88 Å². The van der Waals surface area contributed by atoms with Crippen LogP contribution in [-0.2, 0) is 21.1 Å². The molecule has 0 saturated heterocycles. The van der Waals surface area contributed by atoms with Crippen LogP contribution in [0.5, 0.6) is 0 Å². The fraction of sp³-hybridized carbons (Fsp3) is 0. The molecule has 0 saturated carbocycles. The van der Waals surface area contributed by atoms with Gasteiger partial charge in [0.2, 0.25) is 0 Å². The van der Waals surface area contributed by atoms with Crippen LogP contribution in [-0.4, -0.2) is 4.98 Å². The number of rotatable bonds is 0. The van der Waals surface area contributed by atoms with Crippen LogP contribution in [0.2, 0.25) is 0 Å². The predicted octanol–water partition coefficient (Wildman–Crippen LogP) is 0.313. The van der Waals surface area contributed by atoms with E-state index in [1.807, 2.05) is 6.07 Å². The Hall–Kier alpha value is 0.238. The van der Waals surface area contributed by atoms with E-state index in [4.69, 9.17) is 5.26 Å². The summed E-state index contributed by atoms with van der Waals surface area (Å²) in [5.74, 6) is 0. The van der Waals surface area contributed by atoms with Crippen LogP contribution in [0, 0.1) is 17.5 Å². The van der Waals surface area contributed by atoms with E-state index in [1.54, 1.807) is 0 Å². The van der Waals surface area contributed by atoms with Crippen molar-refractivity contribution in [2.24, 2.45) is 0 Å². The summed E-state index contributed by atoms with van der Waals surface area (Å²) < 4.78 is 0.807. The number of nitrogens with zero attached hydrogens (tertiary/aromatic N) is 2. The van der Waals surface area contributed by atoms with Gasteiger partial charge in [-0.05, 0) is 10.9 Å². The van der Waals surface area contributed by atoms with Crippen LogP contribution in [0.1, 0.15) is 4.88 Å². The average Bonchev–Trinajstić information content (AvgIpc) is 2.14. The maximum atomic E-state index is 8.23. The largest absolute Gasteiger partial charge is 0.374 e. The molecule has 1 atom stereocenters. The molecule has 0 radical (unpaired) electrons. The molecule has 1 rings (SSSR count). The van der Waals surface area contributed by atoms with Gasteiger partial charge in [-0.3, -0.25) is 5.26 Å². The van der Waals surface area contributed by atoms with Crippen molar-refractivity contribution in [2.45, 2.75) is 0 Å². The predicted molar refractivity (Wildman–Crippen MR) is 35.0 cm³/mol. The van der Waals surface area contributed by atoms with Crippen LogP contribution in [0.4, 0.5) is 0 Å². The normalized spacial score (nSPS) is 7.56. The molecule has 0 N–H and O–H groups in total. The smallest absolute Gasteiger partial charge is 0.00812 e. The van der Waals surface area contributed by atoms with Crippen molar-refractivity contribution < 1.29 is 21.1 Å². The summed E-state index contributed by atoms with van der Waals surface area (Å²) in [6, 6.07) is 1.93. The van der Waals surface area contributed by atoms with Gasteiger partial charge in [-0.1, -0.05) is 6.20 Å². The first kappa shape index (κ1) is 9.24. The minimum Gasteiger partial charge on any atom is -0.374 e. The molecule has 0 aliphatic rings. The molecule has 5 heteroatoms. The molecule has 1 unspecified atom stereocenters. The van der Waals surface area contributed by atoms with Gasteiger partial charge in [0.25, 0.3) is 0 Å². The molecule has 0 bridgehead atoms. The SMILES string of the molecule is N#Cc1[c-]nc(P)s1.[W]. The summed E-state index contributed by atoms with van der Waals surface area (Å²) in [6.45, 7) is 0. The summed E-state index contributed by atoms with van der Waals surface area (Å²) in [4.78, 5) is 4.26. The maximum absolute atomic E-state index is 8.23. The minimum atomic E-state index is 0.